The second kappa shape index (κ2) is 7.22. The average Bonchev–Trinajstić information content (AvgIpc) is 3.27. The molecule has 0 spiro atoms. The molecule has 3 fully saturated rings. The van der Waals surface area contributed by atoms with Gasteiger partial charge in [-0.1, -0.05) is 30.7 Å². The molecule has 0 bridgehead atoms. The number of allylic oxidation sites excluding steroid dienone is 1. The smallest absolute Gasteiger partial charge is 0.306 e. The van der Waals surface area contributed by atoms with Gasteiger partial charge in [-0.3, -0.25) is 4.79 Å². The molecule has 2 aliphatic heterocycles. The molecule has 140 valence electrons. The van der Waals surface area contributed by atoms with Crippen LogP contribution in [0.25, 0.3) is 0 Å². The Kier molecular flexibility index (Phi) is 4.95. The van der Waals surface area contributed by atoms with Crippen LogP contribution in [-0.2, 0) is 19.0 Å². The summed E-state index contributed by atoms with van der Waals surface area (Å²) in [6.45, 7) is 3.50. The van der Waals surface area contributed by atoms with Crippen LogP contribution in [0.5, 0.6) is 5.75 Å². The number of benzene rings is 1. The molecule has 26 heavy (non-hydrogen) atoms. The molecule has 4 unspecified atom stereocenters. The fourth-order valence-corrected chi connectivity index (χ4v) is 4.39. The van der Waals surface area contributed by atoms with Crippen LogP contribution in [0, 0.1) is 17.8 Å². The summed E-state index contributed by atoms with van der Waals surface area (Å²) >= 11 is 6.01. The third-order valence-corrected chi connectivity index (χ3v) is 5.74. The maximum atomic E-state index is 11.6. The van der Waals surface area contributed by atoms with Crippen molar-refractivity contribution in [1.82, 2.24) is 0 Å². The molecular formula is C20H23ClO5. The Morgan fingerprint density at radius 1 is 1.35 bits per heavy atom. The number of hydrogen-bond acceptors (Lipinski definition) is 5. The van der Waals surface area contributed by atoms with Gasteiger partial charge in [0.15, 0.2) is 0 Å². The minimum atomic E-state index is -0.899. The van der Waals surface area contributed by atoms with Crippen LogP contribution in [0.3, 0.4) is 0 Å². The molecule has 0 radical (unpaired) electrons. The molecule has 4 atom stereocenters. The van der Waals surface area contributed by atoms with E-state index in [0.717, 1.165) is 6.42 Å². The molecule has 1 aromatic rings. The third-order valence-electron chi connectivity index (χ3n) is 5.50. The first-order chi connectivity index (χ1) is 12.5. The monoisotopic (exact) mass is 378 g/mol. The van der Waals surface area contributed by atoms with Gasteiger partial charge in [0, 0.05) is 10.9 Å². The lowest BCUT2D eigenvalue weighted by atomic mass is 9.88. The molecule has 0 amide bonds. The molecule has 4 rings (SSSR count). The van der Waals surface area contributed by atoms with E-state index in [9.17, 15) is 4.79 Å². The molecule has 3 aliphatic rings. The zero-order valence-corrected chi connectivity index (χ0v) is 15.5. The quantitative estimate of drug-likeness (QED) is 0.578. The van der Waals surface area contributed by atoms with Crippen molar-refractivity contribution in [2.75, 3.05) is 19.8 Å². The minimum Gasteiger partial charge on any atom is -0.488 e. The largest absolute Gasteiger partial charge is 0.488 e. The summed E-state index contributed by atoms with van der Waals surface area (Å²) in [5.74, 6) is 0.681. The van der Waals surface area contributed by atoms with Crippen LogP contribution in [0.1, 0.15) is 19.8 Å². The summed E-state index contributed by atoms with van der Waals surface area (Å²) < 4.78 is 23.0. The van der Waals surface area contributed by atoms with Crippen molar-refractivity contribution in [2.24, 2.45) is 17.8 Å². The van der Waals surface area contributed by atoms with Gasteiger partial charge < -0.3 is 18.9 Å². The molecule has 6 heteroatoms. The highest BCUT2D eigenvalue weighted by atomic mass is 35.5. The zero-order chi connectivity index (χ0) is 18.1. The van der Waals surface area contributed by atoms with E-state index in [1.165, 1.54) is 0 Å². The first-order valence-electron chi connectivity index (χ1n) is 9.10. The maximum Gasteiger partial charge on any atom is 0.306 e. The topological polar surface area (TPSA) is 54.0 Å². The molecule has 0 N–H and O–H groups in total. The number of fused-ring (bicyclic) bond motifs is 1. The number of ether oxygens (including phenoxy) is 4. The Hall–Kier alpha value is -1.56. The normalized spacial score (nSPS) is 32.8. The van der Waals surface area contributed by atoms with E-state index >= 15 is 0 Å². The van der Waals surface area contributed by atoms with E-state index in [2.05, 4.69) is 13.0 Å². The predicted molar refractivity (Wildman–Crippen MR) is 96.0 cm³/mol. The van der Waals surface area contributed by atoms with Gasteiger partial charge in [0.25, 0.3) is 0 Å². The highest BCUT2D eigenvalue weighted by molar-refractivity contribution is 6.30. The Morgan fingerprint density at radius 3 is 2.92 bits per heavy atom. The molecule has 1 aromatic carbocycles. The third kappa shape index (κ3) is 3.61. The maximum absolute atomic E-state index is 11.6. The molecule has 0 aromatic heterocycles. The van der Waals surface area contributed by atoms with Crippen molar-refractivity contribution >= 4 is 17.6 Å². The molecule has 1 saturated carbocycles. The molecular weight excluding hydrogens is 356 g/mol. The lowest BCUT2D eigenvalue weighted by Crippen LogP contribution is -2.35. The first-order valence-corrected chi connectivity index (χ1v) is 9.48. The highest BCUT2D eigenvalue weighted by Gasteiger charge is 2.48. The number of halogens is 1. The highest BCUT2D eigenvalue weighted by Crippen LogP contribution is 2.45. The SMILES string of the molecule is CC1CC2OC(=O)CC2C1/C=C/C1(COc2cccc(Cl)c2)OCCO1. The minimum absolute atomic E-state index is 0.0521. The van der Waals surface area contributed by atoms with Crippen LogP contribution < -0.4 is 4.74 Å². The van der Waals surface area contributed by atoms with Crippen LogP contribution in [0.2, 0.25) is 5.02 Å². The Labute approximate surface area is 158 Å². The number of esters is 1. The van der Waals surface area contributed by atoms with E-state index < -0.39 is 5.79 Å². The van der Waals surface area contributed by atoms with Crippen LogP contribution in [0.4, 0.5) is 0 Å². The number of hydrogen-bond donors (Lipinski definition) is 0. The van der Waals surface area contributed by atoms with Gasteiger partial charge in [-0.25, -0.2) is 0 Å². The lowest BCUT2D eigenvalue weighted by molar-refractivity contribution is -0.141. The number of carbonyl (C=O) groups excluding carboxylic acids is 1. The van der Waals surface area contributed by atoms with Crippen molar-refractivity contribution in [3.8, 4) is 5.75 Å². The molecule has 1 aliphatic carbocycles. The number of carbonyl (C=O) groups is 1. The van der Waals surface area contributed by atoms with E-state index in [4.69, 9.17) is 30.5 Å². The zero-order valence-electron chi connectivity index (χ0n) is 14.7. The van der Waals surface area contributed by atoms with Crippen molar-refractivity contribution in [3.05, 3.63) is 41.4 Å². The molecule has 2 saturated heterocycles. The summed E-state index contributed by atoms with van der Waals surface area (Å²) in [5.41, 5.74) is 0. The van der Waals surface area contributed by atoms with Gasteiger partial charge in [-0.15, -0.1) is 0 Å². The van der Waals surface area contributed by atoms with Gasteiger partial charge in [0.05, 0.1) is 19.6 Å². The van der Waals surface area contributed by atoms with Crippen molar-refractivity contribution in [3.63, 3.8) is 0 Å². The van der Waals surface area contributed by atoms with Crippen molar-refractivity contribution < 1.29 is 23.7 Å². The Balaban J connectivity index is 1.46. The fourth-order valence-electron chi connectivity index (χ4n) is 4.21. The summed E-state index contributed by atoms with van der Waals surface area (Å²) in [4.78, 5) is 11.6. The van der Waals surface area contributed by atoms with Crippen molar-refractivity contribution in [1.29, 1.82) is 0 Å². The van der Waals surface area contributed by atoms with Gasteiger partial charge >= 0.3 is 5.97 Å². The molecule has 2 heterocycles. The fraction of sp³-hybridized carbons (Fsp3) is 0.550. The van der Waals surface area contributed by atoms with E-state index in [1.54, 1.807) is 12.1 Å². The van der Waals surface area contributed by atoms with Gasteiger partial charge in [0.2, 0.25) is 5.79 Å². The second-order valence-corrected chi connectivity index (χ2v) is 7.74. The van der Waals surface area contributed by atoms with E-state index in [1.807, 2.05) is 18.2 Å². The summed E-state index contributed by atoms with van der Waals surface area (Å²) in [6.07, 6.45) is 5.55. The van der Waals surface area contributed by atoms with Crippen molar-refractivity contribution in [2.45, 2.75) is 31.7 Å². The van der Waals surface area contributed by atoms with Gasteiger partial charge in [-0.05, 0) is 42.5 Å². The Bertz CT molecular complexity index is 697. The predicted octanol–water partition coefficient (Wildman–Crippen LogP) is 3.61. The standard InChI is InChI=1S/C20H23ClO5/c1-13-9-18-17(11-19(22)26-18)16(13)5-6-20(24-7-8-25-20)12-23-15-4-2-3-14(21)10-15/h2-6,10,13,16-18H,7-9,11-12H2,1H3/b6-5+. The summed E-state index contributed by atoms with van der Waals surface area (Å²) in [7, 11) is 0. The van der Waals surface area contributed by atoms with Gasteiger partial charge in [-0.2, -0.15) is 0 Å². The lowest BCUT2D eigenvalue weighted by Gasteiger charge is -2.25. The summed E-state index contributed by atoms with van der Waals surface area (Å²) in [5, 5.41) is 0.622. The van der Waals surface area contributed by atoms with Gasteiger partial charge in [0.1, 0.15) is 18.5 Å². The van der Waals surface area contributed by atoms with Crippen LogP contribution in [0.15, 0.2) is 36.4 Å². The second-order valence-electron chi connectivity index (χ2n) is 7.30. The summed E-state index contributed by atoms with van der Waals surface area (Å²) in [6, 6.07) is 7.26. The van der Waals surface area contributed by atoms with Crippen LogP contribution >= 0.6 is 11.6 Å². The molecule has 5 nitrogen and oxygen atoms in total. The number of rotatable bonds is 5. The Morgan fingerprint density at radius 2 is 2.15 bits per heavy atom. The van der Waals surface area contributed by atoms with E-state index in [0.29, 0.717) is 36.3 Å². The average molecular weight is 379 g/mol. The first kappa shape index (κ1) is 17.8. The van der Waals surface area contributed by atoms with Crippen LogP contribution in [-0.4, -0.2) is 37.7 Å². The van der Waals surface area contributed by atoms with E-state index in [-0.39, 0.29) is 30.5 Å².